The van der Waals surface area contributed by atoms with Crippen LogP contribution in [0.25, 0.3) is 0 Å². The zero-order valence-corrected chi connectivity index (χ0v) is 12.5. The van der Waals surface area contributed by atoms with Crippen molar-refractivity contribution in [3.8, 4) is 11.5 Å². The number of aromatic hydroxyl groups is 1. The molecule has 0 saturated carbocycles. The number of methoxy groups -OCH3 is 1. The van der Waals surface area contributed by atoms with Gasteiger partial charge in [0.1, 0.15) is 0 Å². The standard InChI is InChI=1S/C15H23NO4/c1-5-10(2)16(9-15(18)19)11(3)12-6-7-13(17)14(8-12)20-4/h6-8,10-11,17H,5,9H2,1-4H3,(H,18,19). The van der Waals surface area contributed by atoms with E-state index in [0.29, 0.717) is 5.75 Å². The Labute approximate surface area is 119 Å². The first-order chi connectivity index (χ1) is 9.40. The number of hydrogen-bond acceptors (Lipinski definition) is 4. The minimum atomic E-state index is -0.845. The first-order valence-electron chi connectivity index (χ1n) is 6.75. The number of benzene rings is 1. The van der Waals surface area contributed by atoms with Crippen molar-refractivity contribution in [3.63, 3.8) is 0 Å². The Morgan fingerprint density at radius 1 is 1.40 bits per heavy atom. The maximum absolute atomic E-state index is 11.0. The summed E-state index contributed by atoms with van der Waals surface area (Å²) in [5.74, 6) is -0.367. The SMILES string of the molecule is CCC(C)N(CC(=O)O)C(C)c1ccc(O)c(OC)c1. The topological polar surface area (TPSA) is 70.0 Å². The average molecular weight is 281 g/mol. The van der Waals surface area contributed by atoms with Crippen molar-refractivity contribution < 1.29 is 19.7 Å². The molecule has 1 rings (SSSR count). The van der Waals surface area contributed by atoms with Gasteiger partial charge in [0, 0.05) is 12.1 Å². The number of rotatable bonds is 7. The lowest BCUT2D eigenvalue weighted by molar-refractivity contribution is -0.139. The lowest BCUT2D eigenvalue weighted by atomic mass is 10.0. The molecule has 0 aliphatic carbocycles. The number of ether oxygens (including phenoxy) is 1. The average Bonchev–Trinajstić information content (AvgIpc) is 2.43. The lowest BCUT2D eigenvalue weighted by Crippen LogP contribution is -2.39. The van der Waals surface area contributed by atoms with E-state index < -0.39 is 5.97 Å². The van der Waals surface area contributed by atoms with Crippen LogP contribution in [0.5, 0.6) is 11.5 Å². The minimum Gasteiger partial charge on any atom is -0.504 e. The van der Waals surface area contributed by atoms with Gasteiger partial charge in [-0.1, -0.05) is 13.0 Å². The highest BCUT2D eigenvalue weighted by atomic mass is 16.5. The van der Waals surface area contributed by atoms with Gasteiger partial charge in [-0.15, -0.1) is 0 Å². The molecule has 5 heteroatoms. The summed E-state index contributed by atoms with van der Waals surface area (Å²) in [5, 5.41) is 18.7. The van der Waals surface area contributed by atoms with Crippen LogP contribution in [-0.2, 0) is 4.79 Å². The van der Waals surface area contributed by atoms with Crippen molar-refractivity contribution in [2.24, 2.45) is 0 Å². The molecule has 0 aliphatic heterocycles. The van der Waals surface area contributed by atoms with Gasteiger partial charge in [-0.2, -0.15) is 0 Å². The molecule has 1 aromatic carbocycles. The summed E-state index contributed by atoms with van der Waals surface area (Å²) in [7, 11) is 1.49. The highest BCUT2D eigenvalue weighted by Gasteiger charge is 2.23. The van der Waals surface area contributed by atoms with E-state index in [0.717, 1.165) is 12.0 Å². The van der Waals surface area contributed by atoms with Gasteiger partial charge < -0.3 is 14.9 Å². The number of carboxylic acid groups (broad SMARTS) is 1. The molecule has 2 unspecified atom stereocenters. The van der Waals surface area contributed by atoms with Gasteiger partial charge in [0.25, 0.3) is 0 Å². The van der Waals surface area contributed by atoms with E-state index in [4.69, 9.17) is 9.84 Å². The Bertz CT molecular complexity index is 461. The quantitative estimate of drug-likeness (QED) is 0.804. The molecule has 0 aromatic heterocycles. The number of phenolic OH excluding ortho intramolecular Hbond substituents is 1. The number of aliphatic carboxylic acids is 1. The summed E-state index contributed by atoms with van der Waals surface area (Å²) >= 11 is 0. The molecule has 5 nitrogen and oxygen atoms in total. The van der Waals surface area contributed by atoms with Crippen molar-refractivity contribution >= 4 is 5.97 Å². The van der Waals surface area contributed by atoms with E-state index >= 15 is 0 Å². The molecule has 2 N–H and O–H groups in total. The molecule has 0 saturated heterocycles. The molecule has 0 radical (unpaired) electrons. The van der Waals surface area contributed by atoms with Crippen LogP contribution in [0, 0.1) is 0 Å². The molecular formula is C15H23NO4. The van der Waals surface area contributed by atoms with Crippen LogP contribution in [0.3, 0.4) is 0 Å². The minimum absolute atomic E-state index is 0.0145. The smallest absolute Gasteiger partial charge is 0.317 e. The van der Waals surface area contributed by atoms with E-state index in [1.807, 2.05) is 25.7 Å². The Morgan fingerprint density at radius 3 is 2.55 bits per heavy atom. The van der Waals surface area contributed by atoms with Crippen molar-refractivity contribution in [3.05, 3.63) is 23.8 Å². The van der Waals surface area contributed by atoms with Crippen LogP contribution in [0.2, 0.25) is 0 Å². The summed E-state index contributed by atoms with van der Waals surface area (Å²) < 4.78 is 5.10. The molecule has 0 spiro atoms. The number of carboxylic acids is 1. The second-order valence-electron chi connectivity index (χ2n) is 4.93. The number of hydrogen-bond donors (Lipinski definition) is 2. The van der Waals surface area contributed by atoms with E-state index in [1.165, 1.54) is 7.11 Å². The Morgan fingerprint density at radius 2 is 2.05 bits per heavy atom. The first-order valence-corrected chi connectivity index (χ1v) is 6.75. The second kappa shape index (κ2) is 7.14. The molecule has 0 amide bonds. The predicted molar refractivity (Wildman–Crippen MR) is 77.2 cm³/mol. The number of carbonyl (C=O) groups is 1. The van der Waals surface area contributed by atoms with E-state index in [1.54, 1.807) is 18.2 Å². The third kappa shape index (κ3) is 3.87. The highest BCUT2D eigenvalue weighted by molar-refractivity contribution is 5.69. The van der Waals surface area contributed by atoms with Crippen molar-refractivity contribution in [2.45, 2.75) is 39.3 Å². The number of nitrogens with zero attached hydrogens (tertiary/aromatic N) is 1. The van der Waals surface area contributed by atoms with Gasteiger partial charge in [0.05, 0.1) is 13.7 Å². The van der Waals surface area contributed by atoms with Crippen LogP contribution in [0.4, 0.5) is 0 Å². The maximum Gasteiger partial charge on any atom is 0.317 e. The molecule has 20 heavy (non-hydrogen) atoms. The first kappa shape index (κ1) is 16.3. The molecule has 1 aromatic rings. The predicted octanol–water partition coefficient (Wildman–Crippen LogP) is 2.65. The molecule has 112 valence electrons. The maximum atomic E-state index is 11.0. The third-order valence-electron chi connectivity index (χ3n) is 3.66. The largest absolute Gasteiger partial charge is 0.504 e. The normalized spacial score (nSPS) is 14.1. The lowest BCUT2D eigenvalue weighted by Gasteiger charge is -2.33. The van der Waals surface area contributed by atoms with Crippen LogP contribution >= 0.6 is 0 Å². The molecule has 0 bridgehead atoms. The van der Waals surface area contributed by atoms with Gasteiger partial charge in [0.15, 0.2) is 11.5 Å². The van der Waals surface area contributed by atoms with E-state index in [2.05, 4.69) is 0 Å². The third-order valence-corrected chi connectivity index (χ3v) is 3.66. The van der Waals surface area contributed by atoms with E-state index in [-0.39, 0.29) is 24.4 Å². The molecule has 0 heterocycles. The molecular weight excluding hydrogens is 258 g/mol. The summed E-state index contributed by atoms with van der Waals surface area (Å²) in [5.41, 5.74) is 0.918. The highest BCUT2D eigenvalue weighted by Crippen LogP contribution is 2.31. The van der Waals surface area contributed by atoms with Crippen molar-refractivity contribution in [2.75, 3.05) is 13.7 Å². The molecule has 2 atom stereocenters. The van der Waals surface area contributed by atoms with Gasteiger partial charge >= 0.3 is 5.97 Å². The summed E-state index contributed by atoms with van der Waals surface area (Å²) in [6, 6.07) is 5.19. The Kier molecular flexibility index (Phi) is 5.82. The van der Waals surface area contributed by atoms with E-state index in [9.17, 15) is 9.90 Å². The fourth-order valence-electron chi connectivity index (χ4n) is 2.21. The molecule has 0 fully saturated rings. The van der Waals surface area contributed by atoms with Crippen LogP contribution in [-0.4, -0.2) is 40.8 Å². The van der Waals surface area contributed by atoms with Crippen molar-refractivity contribution in [1.82, 2.24) is 4.90 Å². The van der Waals surface area contributed by atoms with Crippen molar-refractivity contribution in [1.29, 1.82) is 0 Å². The second-order valence-corrected chi connectivity index (χ2v) is 4.93. The zero-order valence-electron chi connectivity index (χ0n) is 12.5. The number of phenols is 1. The summed E-state index contributed by atoms with van der Waals surface area (Å²) in [6.45, 7) is 5.99. The van der Waals surface area contributed by atoms with Crippen LogP contribution in [0.15, 0.2) is 18.2 Å². The Balaban J connectivity index is 3.04. The fraction of sp³-hybridized carbons (Fsp3) is 0.533. The monoisotopic (exact) mass is 281 g/mol. The van der Waals surface area contributed by atoms with Gasteiger partial charge in [0.2, 0.25) is 0 Å². The van der Waals surface area contributed by atoms with Crippen LogP contribution < -0.4 is 4.74 Å². The zero-order chi connectivity index (χ0) is 15.3. The van der Waals surface area contributed by atoms with Gasteiger partial charge in [-0.3, -0.25) is 9.69 Å². The van der Waals surface area contributed by atoms with Gasteiger partial charge in [-0.05, 0) is 38.0 Å². The fourth-order valence-corrected chi connectivity index (χ4v) is 2.21. The van der Waals surface area contributed by atoms with Crippen LogP contribution in [0.1, 0.15) is 38.8 Å². The summed E-state index contributed by atoms with van der Waals surface area (Å²) in [4.78, 5) is 13.0. The Hall–Kier alpha value is -1.75. The summed E-state index contributed by atoms with van der Waals surface area (Å²) in [6.07, 6.45) is 0.868. The molecule has 0 aliphatic rings. The van der Waals surface area contributed by atoms with Gasteiger partial charge in [-0.25, -0.2) is 0 Å².